The Morgan fingerprint density at radius 3 is 2.48 bits per heavy atom. The number of amides is 1. The molecule has 8 nitrogen and oxygen atoms in total. The molecule has 1 amide bonds. The van der Waals surface area contributed by atoms with E-state index in [9.17, 15) is 32.9 Å². The van der Waals surface area contributed by atoms with E-state index in [1.165, 1.54) is 12.1 Å². The Labute approximate surface area is 152 Å². The van der Waals surface area contributed by atoms with Crippen molar-refractivity contribution < 1.29 is 32.4 Å². The van der Waals surface area contributed by atoms with E-state index in [4.69, 9.17) is 0 Å². The van der Waals surface area contributed by atoms with Gasteiger partial charge >= 0.3 is 12.1 Å². The summed E-state index contributed by atoms with van der Waals surface area (Å²) in [7, 11) is 0. The quantitative estimate of drug-likeness (QED) is 0.456. The monoisotopic (exact) mass is 389 g/mol. The van der Waals surface area contributed by atoms with Crippen molar-refractivity contribution in [1.29, 1.82) is 0 Å². The van der Waals surface area contributed by atoms with E-state index in [0.717, 1.165) is 25.3 Å². The van der Waals surface area contributed by atoms with Crippen molar-refractivity contribution in [3.63, 3.8) is 0 Å². The molecule has 1 aliphatic rings. The largest absolute Gasteiger partial charge is 0.452 e. The highest BCUT2D eigenvalue weighted by molar-refractivity contribution is 5.93. The molecule has 0 aromatic heterocycles. The molecule has 1 aromatic rings. The number of halogens is 3. The lowest BCUT2D eigenvalue weighted by Gasteiger charge is -2.28. The minimum atomic E-state index is -4.58. The lowest BCUT2D eigenvalue weighted by Crippen LogP contribution is -2.36. The minimum Gasteiger partial charge on any atom is -0.452 e. The predicted molar refractivity (Wildman–Crippen MR) is 88.5 cm³/mol. The van der Waals surface area contributed by atoms with Crippen LogP contribution in [-0.2, 0) is 9.53 Å². The van der Waals surface area contributed by atoms with Gasteiger partial charge in [0.15, 0.2) is 6.61 Å². The van der Waals surface area contributed by atoms with Gasteiger partial charge in [-0.3, -0.25) is 14.9 Å². The Morgan fingerprint density at radius 1 is 1.22 bits per heavy atom. The van der Waals surface area contributed by atoms with Crippen LogP contribution in [0.4, 0.5) is 24.5 Å². The maximum Gasteiger partial charge on any atom is 0.405 e. The number of anilines is 1. The molecule has 0 aliphatic carbocycles. The third-order valence-corrected chi connectivity index (χ3v) is 3.92. The van der Waals surface area contributed by atoms with Crippen LogP contribution in [0.5, 0.6) is 0 Å². The first-order valence-corrected chi connectivity index (χ1v) is 8.21. The summed E-state index contributed by atoms with van der Waals surface area (Å²) >= 11 is 0. The van der Waals surface area contributed by atoms with Gasteiger partial charge in [0.2, 0.25) is 0 Å². The number of hydrogen-bond donors (Lipinski definition) is 1. The molecule has 1 fully saturated rings. The fourth-order valence-electron chi connectivity index (χ4n) is 2.66. The number of piperidine rings is 1. The van der Waals surface area contributed by atoms with Gasteiger partial charge in [0.25, 0.3) is 11.6 Å². The summed E-state index contributed by atoms with van der Waals surface area (Å²) in [4.78, 5) is 35.8. The molecule has 27 heavy (non-hydrogen) atoms. The van der Waals surface area contributed by atoms with Crippen LogP contribution in [0.15, 0.2) is 18.2 Å². The lowest BCUT2D eigenvalue weighted by atomic mass is 10.1. The summed E-state index contributed by atoms with van der Waals surface area (Å²) in [5.74, 6) is -2.16. The van der Waals surface area contributed by atoms with E-state index in [1.54, 1.807) is 5.32 Å². The lowest BCUT2D eigenvalue weighted by molar-refractivity contribution is -0.384. The zero-order chi connectivity index (χ0) is 20.0. The van der Waals surface area contributed by atoms with Crippen molar-refractivity contribution in [1.82, 2.24) is 5.32 Å². The summed E-state index contributed by atoms with van der Waals surface area (Å²) < 4.78 is 40.6. The molecule has 0 saturated carbocycles. The Balaban J connectivity index is 2.02. The fraction of sp³-hybridized carbons (Fsp3) is 0.500. The summed E-state index contributed by atoms with van der Waals surface area (Å²) in [6.45, 7) is -1.12. The highest BCUT2D eigenvalue weighted by Gasteiger charge is 2.28. The van der Waals surface area contributed by atoms with E-state index in [-0.39, 0.29) is 11.3 Å². The van der Waals surface area contributed by atoms with Crippen LogP contribution in [-0.4, -0.2) is 49.2 Å². The normalized spacial score (nSPS) is 14.6. The summed E-state index contributed by atoms with van der Waals surface area (Å²) in [5, 5.41) is 12.9. The second kappa shape index (κ2) is 8.69. The van der Waals surface area contributed by atoms with Gasteiger partial charge in [-0.05, 0) is 31.4 Å². The molecule has 148 valence electrons. The number of benzene rings is 1. The molecular weight excluding hydrogens is 371 g/mol. The topological polar surface area (TPSA) is 102 Å². The average molecular weight is 389 g/mol. The van der Waals surface area contributed by atoms with Gasteiger partial charge in [-0.2, -0.15) is 13.2 Å². The van der Waals surface area contributed by atoms with E-state index >= 15 is 0 Å². The van der Waals surface area contributed by atoms with Crippen molar-refractivity contribution >= 4 is 23.3 Å². The average Bonchev–Trinajstić information content (AvgIpc) is 2.64. The molecule has 0 spiro atoms. The zero-order valence-corrected chi connectivity index (χ0v) is 14.3. The van der Waals surface area contributed by atoms with E-state index in [0.29, 0.717) is 18.8 Å². The number of rotatable bonds is 6. The number of nitro benzene ring substituents is 1. The molecule has 2 rings (SSSR count). The van der Waals surface area contributed by atoms with Crippen molar-refractivity contribution in [2.24, 2.45) is 0 Å². The molecule has 0 atom stereocenters. The first kappa shape index (κ1) is 20.5. The number of nitro groups is 1. The maximum absolute atomic E-state index is 12.0. The van der Waals surface area contributed by atoms with Crippen LogP contribution in [0.3, 0.4) is 0 Å². The third kappa shape index (κ3) is 6.12. The SMILES string of the molecule is O=C(COC(=O)c1ccc(N2CCCCC2)c([N+](=O)[O-])c1)NCC(F)(F)F. The first-order valence-electron chi connectivity index (χ1n) is 8.21. The molecule has 1 aliphatic heterocycles. The molecule has 1 aromatic carbocycles. The number of nitrogens with zero attached hydrogens (tertiary/aromatic N) is 2. The van der Waals surface area contributed by atoms with Crippen LogP contribution in [0.25, 0.3) is 0 Å². The van der Waals surface area contributed by atoms with Gasteiger partial charge in [-0.1, -0.05) is 0 Å². The minimum absolute atomic E-state index is 0.161. The number of alkyl halides is 3. The standard InChI is InChI=1S/C16H18F3N3O5/c17-16(18,19)10-20-14(23)9-27-15(24)11-4-5-12(13(8-11)22(25)26)21-6-2-1-3-7-21/h4-5,8H,1-3,6-7,9-10H2,(H,20,23). The van der Waals surface area contributed by atoms with Crippen LogP contribution in [0.2, 0.25) is 0 Å². The summed E-state index contributed by atoms with van der Waals surface area (Å²) in [6.07, 6.45) is -1.71. The highest BCUT2D eigenvalue weighted by Crippen LogP contribution is 2.31. The highest BCUT2D eigenvalue weighted by atomic mass is 19.4. The number of nitrogens with one attached hydrogen (secondary N) is 1. The van der Waals surface area contributed by atoms with Crippen molar-refractivity contribution in [2.45, 2.75) is 25.4 Å². The molecule has 0 unspecified atom stereocenters. The van der Waals surface area contributed by atoms with Gasteiger partial charge in [-0.25, -0.2) is 4.79 Å². The predicted octanol–water partition coefficient (Wildman–Crippen LogP) is 2.42. The maximum atomic E-state index is 12.0. The van der Waals surface area contributed by atoms with Gasteiger partial charge in [-0.15, -0.1) is 0 Å². The Kier molecular flexibility index (Phi) is 6.59. The Morgan fingerprint density at radius 2 is 1.89 bits per heavy atom. The number of carbonyl (C=O) groups excluding carboxylic acids is 2. The summed E-state index contributed by atoms with van der Waals surface area (Å²) in [5.41, 5.74) is -0.0434. The molecule has 1 N–H and O–H groups in total. The molecule has 0 bridgehead atoms. The smallest absolute Gasteiger partial charge is 0.405 e. The number of carbonyl (C=O) groups is 2. The van der Waals surface area contributed by atoms with Crippen molar-refractivity contribution in [3.8, 4) is 0 Å². The van der Waals surface area contributed by atoms with Crippen LogP contribution in [0.1, 0.15) is 29.6 Å². The van der Waals surface area contributed by atoms with Crippen LogP contribution in [0, 0.1) is 10.1 Å². The van der Waals surface area contributed by atoms with Gasteiger partial charge in [0.05, 0.1) is 10.5 Å². The van der Waals surface area contributed by atoms with Gasteiger partial charge < -0.3 is 15.0 Å². The molecular formula is C16H18F3N3O5. The van der Waals surface area contributed by atoms with Gasteiger partial charge in [0.1, 0.15) is 12.2 Å². The Hall–Kier alpha value is -2.85. The second-order valence-corrected chi connectivity index (χ2v) is 5.98. The molecule has 1 heterocycles. The van der Waals surface area contributed by atoms with Gasteiger partial charge in [0, 0.05) is 19.2 Å². The molecule has 1 saturated heterocycles. The second-order valence-electron chi connectivity index (χ2n) is 5.98. The van der Waals surface area contributed by atoms with Crippen LogP contribution < -0.4 is 10.2 Å². The zero-order valence-electron chi connectivity index (χ0n) is 14.3. The molecule has 11 heteroatoms. The van der Waals surface area contributed by atoms with E-state index in [2.05, 4.69) is 4.74 Å². The Bertz CT molecular complexity index is 718. The van der Waals surface area contributed by atoms with Crippen molar-refractivity contribution in [3.05, 3.63) is 33.9 Å². The van der Waals surface area contributed by atoms with Crippen molar-refractivity contribution in [2.75, 3.05) is 31.1 Å². The number of esters is 1. The van der Waals surface area contributed by atoms with E-state index in [1.807, 2.05) is 4.90 Å². The summed E-state index contributed by atoms with van der Waals surface area (Å²) in [6, 6.07) is 3.80. The fourth-order valence-corrected chi connectivity index (χ4v) is 2.66. The first-order chi connectivity index (χ1) is 12.7. The molecule has 0 radical (unpaired) electrons. The van der Waals surface area contributed by atoms with Crippen LogP contribution >= 0.6 is 0 Å². The van der Waals surface area contributed by atoms with E-state index < -0.39 is 36.1 Å². The number of ether oxygens (including phenoxy) is 1. The number of hydrogen-bond acceptors (Lipinski definition) is 6. The third-order valence-electron chi connectivity index (χ3n) is 3.92.